The van der Waals surface area contributed by atoms with Crippen molar-refractivity contribution in [1.29, 1.82) is 0 Å². The number of rotatable bonds is 5. The van der Waals surface area contributed by atoms with Crippen LogP contribution in [0.25, 0.3) is 11.4 Å². The first-order valence-corrected chi connectivity index (χ1v) is 10.2. The first-order valence-electron chi connectivity index (χ1n) is 8.01. The minimum atomic E-state index is -0.161. The molecule has 0 radical (unpaired) electrons. The van der Waals surface area contributed by atoms with Gasteiger partial charge in [0, 0.05) is 10.0 Å². The number of halogens is 2. The van der Waals surface area contributed by atoms with Crippen molar-refractivity contribution in [3.05, 3.63) is 57.0 Å². The van der Waals surface area contributed by atoms with Gasteiger partial charge in [0.05, 0.1) is 16.5 Å². The van der Waals surface area contributed by atoms with E-state index < -0.39 is 0 Å². The van der Waals surface area contributed by atoms with Gasteiger partial charge in [-0.1, -0.05) is 35.5 Å². The highest BCUT2D eigenvalue weighted by molar-refractivity contribution is 9.10. The highest BCUT2D eigenvalue weighted by Gasteiger charge is 2.16. The summed E-state index contributed by atoms with van der Waals surface area (Å²) < 4.78 is 2.18. The summed E-state index contributed by atoms with van der Waals surface area (Å²) >= 11 is 10.9. The van der Waals surface area contributed by atoms with Crippen molar-refractivity contribution >= 4 is 50.9 Å². The number of aromatic nitrogens is 3. The van der Waals surface area contributed by atoms with Crippen LogP contribution in [0.3, 0.4) is 0 Å². The third kappa shape index (κ3) is 4.45. The fraction of sp³-hybridized carbons (Fsp3) is 0.167. The maximum atomic E-state index is 12.3. The van der Waals surface area contributed by atoms with Gasteiger partial charge in [0.1, 0.15) is 0 Å². The fourth-order valence-electron chi connectivity index (χ4n) is 2.39. The Balaban J connectivity index is 1.68. The third-order valence-corrected chi connectivity index (χ3v) is 5.90. The molecule has 0 aliphatic heterocycles. The van der Waals surface area contributed by atoms with Crippen molar-refractivity contribution in [2.75, 3.05) is 16.9 Å². The summed E-state index contributed by atoms with van der Waals surface area (Å²) in [6.45, 7) is 4.02. The Morgan fingerprint density at radius 1 is 1.26 bits per heavy atom. The van der Waals surface area contributed by atoms with Crippen LogP contribution in [0.1, 0.15) is 11.1 Å². The van der Waals surface area contributed by atoms with Crippen LogP contribution in [0.5, 0.6) is 0 Å². The monoisotopic (exact) mass is 465 g/mol. The zero-order chi connectivity index (χ0) is 19.6. The number of benzene rings is 2. The number of nitrogens with zero attached hydrogens (tertiary/aromatic N) is 3. The number of nitrogens with one attached hydrogen (secondary N) is 1. The van der Waals surface area contributed by atoms with Gasteiger partial charge in [-0.25, -0.2) is 4.68 Å². The largest absolute Gasteiger partial charge is 0.335 e. The van der Waals surface area contributed by atoms with Crippen LogP contribution in [-0.2, 0) is 4.79 Å². The van der Waals surface area contributed by atoms with Crippen molar-refractivity contribution in [2.45, 2.75) is 19.0 Å². The maximum absolute atomic E-state index is 12.3. The van der Waals surface area contributed by atoms with E-state index in [0.29, 0.717) is 21.6 Å². The molecule has 0 saturated carbocycles. The summed E-state index contributed by atoms with van der Waals surface area (Å²) in [5.74, 6) is 6.51. The molecule has 0 aliphatic rings. The molecule has 0 fully saturated rings. The van der Waals surface area contributed by atoms with Gasteiger partial charge in [0.2, 0.25) is 11.1 Å². The van der Waals surface area contributed by atoms with Gasteiger partial charge < -0.3 is 11.2 Å². The Morgan fingerprint density at radius 2 is 1.96 bits per heavy atom. The number of hydrogen-bond acceptors (Lipinski definition) is 5. The Kier molecular flexibility index (Phi) is 6.08. The number of nitrogens with two attached hydrogens (primary N) is 1. The minimum absolute atomic E-state index is 0.150. The highest BCUT2D eigenvalue weighted by Crippen LogP contribution is 2.28. The number of carbonyl (C=O) groups is 1. The molecule has 6 nitrogen and oxygen atoms in total. The number of hydrogen-bond donors (Lipinski definition) is 2. The summed E-state index contributed by atoms with van der Waals surface area (Å²) in [4.78, 5) is 12.3. The SMILES string of the molecule is Cc1cc(Br)c(NC(=O)CSc2nnc(-c3ccccc3Cl)n2N)cc1C. The number of carbonyl (C=O) groups excluding carboxylic acids is 1. The van der Waals surface area contributed by atoms with E-state index in [1.54, 1.807) is 6.07 Å². The van der Waals surface area contributed by atoms with Crippen molar-refractivity contribution in [2.24, 2.45) is 0 Å². The molecule has 9 heteroatoms. The molecule has 0 saturated heterocycles. The van der Waals surface area contributed by atoms with Gasteiger partial charge in [-0.15, -0.1) is 10.2 Å². The highest BCUT2D eigenvalue weighted by atomic mass is 79.9. The van der Waals surface area contributed by atoms with Crippen LogP contribution in [0.15, 0.2) is 46.0 Å². The Morgan fingerprint density at radius 3 is 2.70 bits per heavy atom. The first kappa shape index (κ1) is 19.7. The molecular formula is C18H17BrClN5OS. The molecule has 1 heterocycles. The smallest absolute Gasteiger partial charge is 0.234 e. The molecule has 3 aromatic rings. The topological polar surface area (TPSA) is 85.8 Å². The third-order valence-electron chi connectivity index (χ3n) is 3.97. The van der Waals surface area contributed by atoms with E-state index in [-0.39, 0.29) is 11.7 Å². The zero-order valence-electron chi connectivity index (χ0n) is 14.7. The molecule has 1 amide bonds. The maximum Gasteiger partial charge on any atom is 0.234 e. The average molecular weight is 467 g/mol. The summed E-state index contributed by atoms with van der Waals surface area (Å²) in [6, 6.07) is 11.2. The van der Waals surface area contributed by atoms with Gasteiger partial charge in [0.25, 0.3) is 0 Å². The van der Waals surface area contributed by atoms with Crippen LogP contribution in [0, 0.1) is 13.8 Å². The lowest BCUT2D eigenvalue weighted by molar-refractivity contribution is -0.113. The van der Waals surface area contributed by atoms with E-state index in [0.717, 1.165) is 21.3 Å². The van der Waals surface area contributed by atoms with Crippen LogP contribution in [0.4, 0.5) is 5.69 Å². The van der Waals surface area contributed by atoms with Crippen LogP contribution < -0.4 is 11.2 Å². The predicted octanol–water partition coefficient (Wildman–Crippen LogP) is 4.42. The first-order chi connectivity index (χ1) is 12.9. The van der Waals surface area contributed by atoms with E-state index >= 15 is 0 Å². The van der Waals surface area contributed by atoms with E-state index in [1.165, 1.54) is 16.4 Å². The standard InChI is InChI=1S/C18H17BrClN5OS/c1-10-7-13(19)15(8-11(10)2)22-16(26)9-27-18-24-23-17(25(18)21)12-5-3-4-6-14(12)20/h3-8H,9,21H2,1-2H3,(H,22,26). The second-order valence-corrected chi connectivity index (χ2v) is 8.11. The summed E-state index contributed by atoms with van der Waals surface area (Å²) in [6.07, 6.45) is 0. The van der Waals surface area contributed by atoms with Crippen LogP contribution >= 0.6 is 39.3 Å². The summed E-state index contributed by atoms with van der Waals surface area (Å²) in [5, 5.41) is 12.0. The lowest BCUT2D eigenvalue weighted by Gasteiger charge is -2.10. The average Bonchev–Trinajstić information content (AvgIpc) is 2.99. The molecule has 0 atom stereocenters. The van der Waals surface area contributed by atoms with E-state index in [4.69, 9.17) is 17.4 Å². The van der Waals surface area contributed by atoms with Gasteiger partial charge in [0.15, 0.2) is 5.82 Å². The molecule has 2 aromatic carbocycles. The predicted molar refractivity (Wildman–Crippen MR) is 114 cm³/mol. The van der Waals surface area contributed by atoms with E-state index in [9.17, 15) is 4.79 Å². The van der Waals surface area contributed by atoms with E-state index in [2.05, 4.69) is 31.4 Å². The van der Waals surface area contributed by atoms with E-state index in [1.807, 2.05) is 44.2 Å². The summed E-state index contributed by atoms with van der Waals surface area (Å²) in [7, 11) is 0. The van der Waals surface area contributed by atoms with Crippen LogP contribution in [0.2, 0.25) is 5.02 Å². The lowest BCUT2D eigenvalue weighted by Crippen LogP contribution is -2.17. The van der Waals surface area contributed by atoms with Crippen molar-refractivity contribution in [3.63, 3.8) is 0 Å². The quantitative estimate of drug-likeness (QED) is 0.429. The molecule has 27 heavy (non-hydrogen) atoms. The fourth-order valence-corrected chi connectivity index (χ4v) is 3.83. The Labute approximate surface area is 174 Å². The summed E-state index contributed by atoms with van der Waals surface area (Å²) in [5.41, 5.74) is 3.67. The lowest BCUT2D eigenvalue weighted by atomic mass is 10.1. The van der Waals surface area contributed by atoms with Crippen LogP contribution in [-0.4, -0.2) is 26.5 Å². The number of aryl methyl sites for hydroxylation is 2. The molecule has 0 unspecified atom stereocenters. The number of amides is 1. The molecule has 1 aromatic heterocycles. The number of thioether (sulfide) groups is 1. The molecule has 3 rings (SSSR count). The molecule has 0 spiro atoms. The van der Waals surface area contributed by atoms with Crippen molar-refractivity contribution in [1.82, 2.24) is 14.9 Å². The minimum Gasteiger partial charge on any atom is -0.335 e. The van der Waals surface area contributed by atoms with Gasteiger partial charge in [-0.05, 0) is 65.2 Å². The van der Waals surface area contributed by atoms with Crippen molar-refractivity contribution < 1.29 is 4.79 Å². The molecular weight excluding hydrogens is 450 g/mol. The van der Waals surface area contributed by atoms with Gasteiger partial charge >= 0.3 is 0 Å². The molecule has 0 aliphatic carbocycles. The molecule has 3 N–H and O–H groups in total. The number of nitrogen functional groups attached to an aromatic ring is 1. The Hall–Kier alpha value is -2.03. The van der Waals surface area contributed by atoms with Gasteiger partial charge in [-0.3, -0.25) is 4.79 Å². The molecule has 140 valence electrons. The second-order valence-electron chi connectivity index (χ2n) is 5.91. The van der Waals surface area contributed by atoms with Gasteiger partial charge in [-0.2, -0.15) is 0 Å². The molecule has 0 bridgehead atoms. The van der Waals surface area contributed by atoms with Crippen molar-refractivity contribution in [3.8, 4) is 11.4 Å². The number of anilines is 1. The zero-order valence-corrected chi connectivity index (χ0v) is 17.8. The second kappa shape index (κ2) is 8.33. The Bertz CT molecular complexity index is 1010. The normalized spacial score (nSPS) is 10.8.